The summed E-state index contributed by atoms with van der Waals surface area (Å²) in [6.45, 7) is 4.86. The first kappa shape index (κ1) is 14.2. The molecular formula is C19H31NO. The van der Waals surface area contributed by atoms with E-state index in [9.17, 15) is 4.79 Å². The van der Waals surface area contributed by atoms with Gasteiger partial charge in [0.15, 0.2) is 0 Å². The second-order valence-electron chi connectivity index (χ2n) is 9.11. The molecule has 0 aromatic rings. The molecule has 4 aliphatic carbocycles. The van der Waals surface area contributed by atoms with Crippen molar-refractivity contribution in [3.8, 4) is 0 Å². The average Bonchev–Trinajstić information content (AvgIpc) is 2.76. The lowest BCUT2D eigenvalue weighted by Crippen LogP contribution is -2.54. The Hall–Kier alpha value is -0.370. The zero-order valence-electron chi connectivity index (χ0n) is 13.7. The fourth-order valence-corrected chi connectivity index (χ4v) is 7.06. The summed E-state index contributed by atoms with van der Waals surface area (Å²) < 4.78 is 0. The molecule has 0 saturated heterocycles. The van der Waals surface area contributed by atoms with Crippen LogP contribution in [0.25, 0.3) is 0 Å². The Bertz CT molecular complexity index is 460. The van der Waals surface area contributed by atoms with Gasteiger partial charge in [0.25, 0.3) is 0 Å². The molecule has 7 atom stereocenters. The first-order valence-corrected chi connectivity index (χ1v) is 9.24. The maximum absolute atomic E-state index is 12.4. The quantitative estimate of drug-likeness (QED) is 0.734. The molecule has 4 aliphatic rings. The highest BCUT2D eigenvalue weighted by Crippen LogP contribution is 2.65. The monoisotopic (exact) mass is 289 g/mol. The van der Waals surface area contributed by atoms with Gasteiger partial charge in [0.05, 0.1) is 0 Å². The summed E-state index contributed by atoms with van der Waals surface area (Å²) in [5, 5.41) is 0. The molecule has 0 aromatic heterocycles. The predicted octanol–water partition coefficient (Wildman–Crippen LogP) is 3.93. The molecule has 2 N–H and O–H groups in total. The highest BCUT2D eigenvalue weighted by Gasteiger charge is 2.59. The van der Waals surface area contributed by atoms with Crippen LogP contribution in [0.5, 0.6) is 0 Å². The molecule has 0 aliphatic heterocycles. The van der Waals surface area contributed by atoms with E-state index in [0.29, 0.717) is 23.2 Å². The fourth-order valence-electron chi connectivity index (χ4n) is 7.06. The zero-order valence-corrected chi connectivity index (χ0v) is 13.7. The van der Waals surface area contributed by atoms with E-state index in [1.165, 1.54) is 44.9 Å². The van der Waals surface area contributed by atoms with Crippen LogP contribution in [-0.4, -0.2) is 11.8 Å². The van der Waals surface area contributed by atoms with E-state index in [0.717, 1.165) is 30.6 Å². The largest absolute Gasteiger partial charge is 0.328 e. The van der Waals surface area contributed by atoms with E-state index in [1.807, 2.05) is 0 Å². The van der Waals surface area contributed by atoms with Gasteiger partial charge in [-0.15, -0.1) is 0 Å². The average molecular weight is 289 g/mol. The second kappa shape index (κ2) is 4.57. The number of carbonyl (C=O) groups excluding carboxylic acids is 1. The number of hydrogen-bond donors (Lipinski definition) is 1. The maximum atomic E-state index is 12.4. The molecule has 0 unspecified atom stereocenters. The van der Waals surface area contributed by atoms with Crippen LogP contribution in [0.3, 0.4) is 0 Å². The summed E-state index contributed by atoms with van der Waals surface area (Å²) in [5.74, 6) is 3.81. The highest BCUT2D eigenvalue weighted by atomic mass is 16.1. The molecule has 0 radical (unpaired) electrons. The van der Waals surface area contributed by atoms with Crippen molar-refractivity contribution in [1.82, 2.24) is 0 Å². The third kappa shape index (κ3) is 1.84. The second-order valence-corrected chi connectivity index (χ2v) is 9.11. The van der Waals surface area contributed by atoms with Gasteiger partial charge in [-0.2, -0.15) is 0 Å². The molecule has 0 heterocycles. The number of carbonyl (C=O) groups is 1. The lowest BCUT2D eigenvalue weighted by atomic mass is 9.45. The SMILES string of the molecule is C[C@]12CC[C@@H](N)C[C@@H]1CC[C@@H]1[C@@H]2CC[C@]2(C)C(=O)CC[C@@H]12. The van der Waals surface area contributed by atoms with Gasteiger partial charge < -0.3 is 5.73 Å². The molecule has 0 spiro atoms. The number of hydrogen-bond acceptors (Lipinski definition) is 2. The minimum Gasteiger partial charge on any atom is -0.328 e. The van der Waals surface area contributed by atoms with Crippen LogP contribution in [0.1, 0.15) is 71.6 Å². The van der Waals surface area contributed by atoms with Crippen LogP contribution in [0, 0.1) is 34.5 Å². The minimum absolute atomic E-state index is 0.0371. The highest BCUT2D eigenvalue weighted by molar-refractivity contribution is 5.87. The van der Waals surface area contributed by atoms with Crippen molar-refractivity contribution in [2.45, 2.75) is 77.7 Å². The smallest absolute Gasteiger partial charge is 0.139 e. The number of ketones is 1. The van der Waals surface area contributed by atoms with Gasteiger partial charge in [-0.25, -0.2) is 0 Å². The van der Waals surface area contributed by atoms with Gasteiger partial charge >= 0.3 is 0 Å². The Kier molecular flexibility index (Phi) is 3.10. The molecule has 0 bridgehead atoms. The van der Waals surface area contributed by atoms with Crippen molar-refractivity contribution >= 4 is 5.78 Å². The molecule has 4 saturated carbocycles. The van der Waals surface area contributed by atoms with Gasteiger partial charge in [-0.05, 0) is 80.5 Å². The van der Waals surface area contributed by atoms with Crippen molar-refractivity contribution in [2.75, 3.05) is 0 Å². The van der Waals surface area contributed by atoms with Gasteiger partial charge in [0, 0.05) is 17.9 Å². The van der Waals surface area contributed by atoms with Crippen molar-refractivity contribution in [3.05, 3.63) is 0 Å². The van der Waals surface area contributed by atoms with E-state index in [1.54, 1.807) is 0 Å². The topological polar surface area (TPSA) is 43.1 Å². The molecular weight excluding hydrogens is 258 g/mol. The van der Waals surface area contributed by atoms with E-state index in [4.69, 9.17) is 5.73 Å². The van der Waals surface area contributed by atoms with Crippen molar-refractivity contribution in [3.63, 3.8) is 0 Å². The van der Waals surface area contributed by atoms with Gasteiger partial charge in [0.2, 0.25) is 0 Å². The molecule has 0 amide bonds. The Morgan fingerprint density at radius 3 is 2.62 bits per heavy atom. The van der Waals surface area contributed by atoms with Crippen molar-refractivity contribution in [1.29, 1.82) is 0 Å². The molecule has 4 rings (SSSR count). The van der Waals surface area contributed by atoms with Crippen LogP contribution >= 0.6 is 0 Å². The summed E-state index contributed by atoms with van der Waals surface area (Å²) in [4.78, 5) is 12.4. The van der Waals surface area contributed by atoms with Crippen LogP contribution in [0.15, 0.2) is 0 Å². The first-order chi connectivity index (χ1) is 9.95. The number of Topliss-reactive ketones (excluding diaryl/α,β-unsaturated/α-hetero) is 1. The van der Waals surface area contributed by atoms with Crippen molar-refractivity contribution < 1.29 is 4.79 Å². The Labute approximate surface area is 129 Å². The van der Waals surface area contributed by atoms with Crippen LogP contribution in [0.2, 0.25) is 0 Å². The Balaban J connectivity index is 1.64. The minimum atomic E-state index is 0.0371. The van der Waals surface area contributed by atoms with E-state index in [-0.39, 0.29) is 5.41 Å². The zero-order chi connectivity index (χ0) is 14.8. The lowest BCUT2D eigenvalue weighted by Gasteiger charge is -2.60. The summed E-state index contributed by atoms with van der Waals surface area (Å²) in [7, 11) is 0. The molecule has 118 valence electrons. The van der Waals surface area contributed by atoms with E-state index in [2.05, 4.69) is 13.8 Å². The van der Waals surface area contributed by atoms with Crippen LogP contribution < -0.4 is 5.73 Å². The third-order valence-corrected chi connectivity index (χ3v) is 8.42. The standard InChI is InChI=1S/C19H31NO/c1-18-9-7-13(20)11-12(18)3-4-14-15-5-6-17(21)19(15,2)10-8-16(14)18/h12-16H,3-11,20H2,1-2H3/t12-,13+,14-,15-,16-,18-,19-/m0/s1. The predicted molar refractivity (Wildman–Crippen MR) is 84.7 cm³/mol. The van der Waals surface area contributed by atoms with Gasteiger partial charge in [0.1, 0.15) is 5.78 Å². The Morgan fingerprint density at radius 2 is 1.81 bits per heavy atom. The Morgan fingerprint density at radius 1 is 1.00 bits per heavy atom. The van der Waals surface area contributed by atoms with Gasteiger partial charge in [-0.1, -0.05) is 13.8 Å². The molecule has 2 heteroatoms. The van der Waals surface area contributed by atoms with Crippen molar-refractivity contribution in [2.24, 2.45) is 40.2 Å². The number of fused-ring (bicyclic) bond motifs is 5. The van der Waals surface area contributed by atoms with Crippen LogP contribution in [-0.2, 0) is 4.79 Å². The van der Waals surface area contributed by atoms with Gasteiger partial charge in [-0.3, -0.25) is 4.79 Å². The fraction of sp³-hybridized carbons (Fsp3) is 0.947. The first-order valence-electron chi connectivity index (χ1n) is 9.24. The molecule has 21 heavy (non-hydrogen) atoms. The lowest BCUT2D eigenvalue weighted by molar-refractivity contribution is -0.139. The van der Waals surface area contributed by atoms with Crippen LogP contribution in [0.4, 0.5) is 0 Å². The van der Waals surface area contributed by atoms with E-state index >= 15 is 0 Å². The molecule has 4 fully saturated rings. The summed E-state index contributed by atoms with van der Waals surface area (Å²) in [6.07, 6.45) is 11.0. The third-order valence-electron chi connectivity index (χ3n) is 8.42. The van der Waals surface area contributed by atoms with E-state index < -0.39 is 0 Å². The number of nitrogens with two attached hydrogens (primary N) is 1. The summed E-state index contributed by atoms with van der Waals surface area (Å²) >= 11 is 0. The normalized spacial score (nSPS) is 56.5. The maximum Gasteiger partial charge on any atom is 0.139 e. The molecule has 2 nitrogen and oxygen atoms in total. The molecule has 0 aromatic carbocycles. The summed E-state index contributed by atoms with van der Waals surface area (Å²) in [5.41, 5.74) is 6.81. The number of rotatable bonds is 0. The summed E-state index contributed by atoms with van der Waals surface area (Å²) in [6, 6.07) is 0.446.